The number of hydrogen-bond acceptors (Lipinski definition) is 18. The Balaban J connectivity index is 0.00000595. The Kier molecular flexibility index (Phi) is 13.0. The quantitative estimate of drug-likeness (QED) is 0.0762. The van der Waals surface area contributed by atoms with Crippen molar-refractivity contribution in [3.63, 3.8) is 0 Å². The second kappa shape index (κ2) is 17.7. The molecule has 0 amide bonds. The molecule has 2 fully saturated rings. The minimum absolute atomic E-state index is 0. The van der Waals surface area contributed by atoms with Crippen molar-refractivity contribution in [2.45, 2.75) is 73.2 Å². The fourth-order valence-electron chi connectivity index (χ4n) is 8.68. The number of aromatic carboxylic acids is 2. The molecule has 2 saturated heterocycles. The Morgan fingerprint density at radius 3 is 1.24 bits per heavy atom. The molecule has 0 aromatic heterocycles. The van der Waals surface area contributed by atoms with Crippen molar-refractivity contribution in [1.29, 1.82) is 0 Å². The van der Waals surface area contributed by atoms with E-state index in [0.717, 1.165) is 12.1 Å². The molecule has 8 rings (SSSR count). The van der Waals surface area contributed by atoms with Crippen LogP contribution in [0.4, 0.5) is 0 Å². The van der Waals surface area contributed by atoms with Gasteiger partial charge >= 0.3 is 49.7 Å². The molecule has 0 radical (unpaired) electrons. The van der Waals surface area contributed by atoms with Crippen LogP contribution in [0.2, 0.25) is 0 Å². The third-order valence-electron chi connectivity index (χ3n) is 11.6. The largest absolute Gasteiger partial charge is 2.00 e. The first-order valence-corrected chi connectivity index (χ1v) is 18.9. The van der Waals surface area contributed by atoms with Gasteiger partial charge in [-0.2, -0.15) is 0 Å². The number of ether oxygens (including phenoxy) is 4. The molecular weight excluding hydrogens is 865 g/mol. The summed E-state index contributed by atoms with van der Waals surface area (Å²) >= 11 is 0. The summed E-state index contributed by atoms with van der Waals surface area (Å²) in [6.45, 7) is -1.67. The summed E-state index contributed by atoms with van der Waals surface area (Å²) in [7, 11) is 0. The average molecular weight is 901 g/mol. The molecule has 21 heteroatoms. The number of aliphatic hydroxyl groups excluding tert-OH is 8. The Labute approximate surface area is 384 Å². The van der Waals surface area contributed by atoms with Crippen molar-refractivity contribution in [2.24, 2.45) is 0 Å². The van der Waals surface area contributed by atoms with Crippen LogP contribution in [-0.4, -0.2) is 187 Å². The number of carboxylic acid groups (broad SMARTS) is 2. The van der Waals surface area contributed by atoms with Gasteiger partial charge in [0.15, 0.2) is 11.6 Å². The van der Waals surface area contributed by atoms with Crippen LogP contribution in [0.5, 0.6) is 23.0 Å². The molecular formula is C42H36CaO20. The van der Waals surface area contributed by atoms with Gasteiger partial charge in [0, 0.05) is 23.0 Å². The van der Waals surface area contributed by atoms with Gasteiger partial charge in [0.1, 0.15) is 60.3 Å². The summed E-state index contributed by atoms with van der Waals surface area (Å²) in [5.41, 5.74) is -3.65. The second-order valence-corrected chi connectivity index (χ2v) is 15.2. The molecule has 0 saturated carbocycles. The number of carbonyl (C=O) groups is 4. The van der Waals surface area contributed by atoms with Crippen molar-refractivity contribution in [3.8, 4) is 23.0 Å². The van der Waals surface area contributed by atoms with Crippen LogP contribution in [0.15, 0.2) is 60.7 Å². The van der Waals surface area contributed by atoms with Crippen molar-refractivity contribution in [1.82, 2.24) is 0 Å². The van der Waals surface area contributed by atoms with Gasteiger partial charge in [0.2, 0.25) is 12.6 Å². The first kappa shape index (κ1) is 46.2. The number of carbonyl (C=O) groups excluding carboxylic acids is 2. The molecule has 2 heterocycles. The van der Waals surface area contributed by atoms with E-state index in [0.29, 0.717) is 12.1 Å². The van der Waals surface area contributed by atoms with E-state index in [1.807, 2.05) is 0 Å². The minimum atomic E-state index is -1.96. The first-order valence-electron chi connectivity index (χ1n) is 18.9. The molecule has 0 bridgehead atoms. The maximum Gasteiger partial charge on any atom is 2.00 e. The number of aliphatic hydroxyl groups is 8. The van der Waals surface area contributed by atoms with Crippen molar-refractivity contribution < 1.29 is 99.4 Å². The molecule has 4 aromatic carbocycles. The summed E-state index contributed by atoms with van der Waals surface area (Å²) in [4.78, 5) is 54.1. The van der Waals surface area contributed by atoms with Crippen LogP contribution < -0.4 is 19.7 Å². The van der Waals surface area contributed by atoms with Crippen LogP contribution >= 0.6 is 0 Å². The maximum atomic E-state index is 14.6. The SMILES string of the molecule is O=C(O)c1cc([O-])c2c(c1)[C@H]([C@H]1c3cc(C(=O)O)cc([O-])c3C(=O)c3c(O[C@H]4O[C@H](CO)[C@@H](O)[C@H](O)[C@H]4O)cccc31)c1cccc(O[C@@H]3O[C@H](CO)[C@@H](O)[C@H](O)[C@H]3O)c1C2=O.[Ca+2]. The first-order chi connectivity index (χ1) is 29.5. The Hall–Kier alpha value is -4.78. The van der Waals surface area contributed by atoms with Crippen LogP contribution in [0, 0.1) is 0 Å². The maximum absolute atomic E-state index is 14.6. The zero-order chi connectivity index (χ0) is 44.6. The summed E-state index contributed by atoms with van der Waals surface area (Å²) in [6, 6.07) is 11.4. The van der Waals surface area contributed by atoms with Crippen molar-refractivity contribution in [2.75, 3.05) is 13.2 Å². The van der Waals surface area contributed by atoms with Gasteiger partial charge in [-0.1, -0.05) is 47.9 Å². The number of carboxylic acids is 2. The monoisotopic (exact) mass is 900 g/mol. The molecule has 2 aliphatic carbocycles. The van der Waals surface area contributed by atoms with E-state index < -0.39 is 144 Å². The predicted octanol–water partition coefficient (Wildman–Crippen LogP) is -2.74. The molecule has 63 heavy (non-hydrogen) atoms. The van der Waals surface area contributed by atoms with E-state index in [-0.39, 0.29) is 82.6 Å². The zero-order valence-corrected chi connectivity index (χ0v) is 34.6. The second-order valence-electron chi connectivity index (χ2n) is 15.2. The van der Waals surface area contributed by atoms with Gasteiger partial charge in [-0.25, -0.2) is 9.59 Å². The predicted molar refractivity (Wildman–Crippen MR) is 204 cm³/mol. The molecule has 326 valence electrons. The Morgan fingerprint density at radius 2 is 0.905 bits per heavy atom. The number of hydrogen-bond donors (Lipinski definition) is 10. The molecule has 0 spiro atoms. The topological polar surface area (TPSA) is 354 Å². The van der Waals surface area contributed by atoms with Gasteiger partial charge in [-0.05, 0) is 46.5 Å². The average Bonchev–Trinajstić information content (AvgIpc) is 3.24. The summed E-state index contributed by atoms with van der Waals surface area (Å²) in [5.74, 6) is -11.1. The third-order valence-corrected chi connectivity index (χ3v) is 11.6. The van der Waals surface area contributed by atoms with E-state index in [9.17, 15) is 80.5 Å². The summed E-state index contributed by atoms with van der Waals surface area (Å²) in [6.07, 6.45) is -17.9. The van der Waals surface area contributed by atoms with E-state index in [1.165, 1.54) is 36.4 Å². The summed E-state index contributed by atoms with van der Waals surface area (Å²) in [5, 5.41) is 131. The van der Waals surface area contributed by atoms with Crippen LogP contribution in [0.1, 0.15) is 86.6 Å². The fourth-order valence-corrected chi connectivity index (χ4v) is 8.68. The van der Waals surface area contributed by atoms with Gasteiger partial charge in [0.25, 0.3) is 0 Å². The zero-order valence-electron chi connectivity index (χ0n) is 32.4. The van der Waals surface area contributed by atoms with Crippen LogP contribution in [0.3, 0.4) is 0 Å². The fraction of sp³-hybridized carbons (Fsp3) is 0.333. The molecule has 20 nitrogen and oxygen atoms in total. The van der Waals surface area contributed by atoms with Gasteiger partial charge in [-0.3, -0.25) is 9.59 Å². The van der Waals surface area contributed by atoms with Gasteiger partial charge < -0.3 is 80.2 Å². The van der Waals surface area contributed by atoms with E-state index in [1.54, 1.807) is 0 Å². The number of benzene rings is 4. The number of fused-ring (bicyclic) bond motifs is 4. The molecule has 10 N–H and O–H groups in total. The molecule has 2 aliphatic heterocycles. The van der Waals surface area contributed by atoms with E-state index >= 15 is 0 Å². The van der Waals surface area contributed by atoms with Crippen LogP contribution in [-0.2, 0) is 9.47 Å². The van der Waals surface area contributed by atoms with Gasteiger partial charge in [0.05, 0.1) is 35.5 Å². The standard InChI is InChI=1S/C42H38O20.Ca/c43-11-23-31(47)35(51)37(53)41(61-23)59-21-5-1-3-15-25(17-7-13(39(55)56)9-19(45)27(17)33(49)29(15)21)26-16-4-2-6-22(60-42-38(54)36(52)32(48)24(12-44)62-42)30(16)34(50)28-18(26)8-14(40(57)58)10-20(28)46;/h1-10,23-26,31-32,35-38,41-48,51-54H,11-12H2,(H,55,56)(H,57,58);/q;+2/p-2/t23-,24-,25-,26-,31-,32-,35+,36+,37-,38-,41-,42+;/m1./s1. The Morgan fingerprint density at radius 1 is 0.540 bits per heavy atom. The Bertz CT molecular complexity index is 2330. The van der Waals surface area contributed by atoms with E-state index in [4.69, 9.17) is 18.9 Å². The normalized spacial score (nSPS) is 29.6. The van der Waals surface area contributed by atoms with Crippen molar-refractivity contribution >= 4 is 61.2 Å². The molecule has 4 aromatic rings. The van der Waals surface area contributed by atoms with Crippen molar-refractivity contribution in [3.05, 3.63) is 116 Å². The smallest absolute Gasteiger partial charge is 0.872 e. The summed E-state index contributed by atoms with van der Waals surface area (Å²) < 4.78 is 22.9. The van der Waals surface area contributed by atoms with Gasteiger partial charge in [-0.15, -0.1) is 0 Å². The number of ketones is 2. The van der Waals surface area contributed by atoms with Crippen LogP contribution in [0.25, 0.3) is 0 Å². The molecule has 12 atom stereocenters. The third kappa shape index (κ3) is 7.63. The molecule has 0 unspecified atom stereocenters. The molecule has 4 aliphatic rings. The minimum Gasteiger partial charge on any atom is -0.872 e. The van der Waals surface area contributed by atoms with E-state index in [2.05, 4.69) is 0 Å². The number of rotatable bonds is 9.